The molecule has 0 atom stereocenters. The minimum absolute atomic E-state index is 0. The fraction of sp³-hybridized carbons (Fsp3) is 0.417. The first kappa shape index (κ1) is 19.4. The van der Waals surface area contributed by atoms with Crippen LogP contribution in [-0.4, -0.2) is 15.6 Å². The molecule has 0 aromatic carbocycles. The number of nitrogens with zero attached hydrogens (tertiary/aromatic N) is 1. The smallest absolute Gasteiger partial charge is 0.123 e. The summed E-state index contributed by atoms with van der Waals surface area (Å²) in [7, 11) is 0. The summed E-state index contributed by atoms with van der Waals surface area (Å²) in [5.41, 5.74) is 6.68. The van der Waals surface area contributed by atoms with E-state index < -0.39 is 5.54 Å². The predicted molar refractivity (Wildman–Crippen MR) is 78.8 cm³/mol. The molecule has 0 saturated heterocycles. The lowest BCUT2D eigenvalue weighted by Gasteiger charge is -2.20. The van der Waals surface area contributed by atoms with Crippen molar-refractivity contribution in [2.45, 2.75) is 32.5 Å². The first-order valence-corrected chi connectivity index (χ1v) is 5.06. The van der Waals surface area contributed by atoms with Crippen LogP contribution in [0.1, 0.15) is 25.1 Å². The van der Waals surface area contributed by atoms with E-state index in [-0.39, 0.29) is 31.4 Å². The number of terminal acetylenes is 1. The molecule has 1 aromatic heterocycles. The zero-order chi connectivity index (χ0) is 12.2. The second-order valence-corrected chi connectivity index (χ2v) is 4.12. The molecule has 0 radical (unpaired) electrons. The summed E-state index contributed by atoms with van der Waals surface area (Å²) in [6.07, 6.45) is 5.36. The molecule has 0 aliphatic rings. The number of anilines is 1. The second kappa shape index (κ2) is 8.17. The molecule has 0 saturated carbocycles. The number of aliphatic hydroxyl groups is 1. The van der Waals surface area contributed by atoms with Crippen molar-refractivity contribution >= 4 is 30.6 Å². The Kier molecular flexibility index (Phi) is 8.79. The number of aromatic nitrogens is 1. The number of hydrogen-bond acceptors (Lipinski definition) is 4. The standard InChI is InChI=1S/C12H17N3O.2ClH/c1-4-12(2,3)14-7-10-9(8-16)5-6-11(13)15-10;;/h1,5-6,14,16H,7-8H2,2-3H3,(H2,13,15);2*1H. The summed E-state index contributed by atoms with van der Waals surface area (Å²) in [6, 6.07) is 3.43. The highest BCUT2D eigenvalue weighted by atomic mass is 35.5. The second-order valence-electron chi connectivity index (χ2n) is 4.12. The number of pyridine rings is 1. The average Bonchev–Trinajstić information content (AvgIpc) is 2.27. The van der Waals surface area contributed by atoms with Gasteiger partial charge in [0.15, 0.2) is 0 Å². The third-order valence-electron chi connectivity index (χ3n) is 2.32. The number of hydrogen-bond donors (Lipinski definition) is 3. The summed E-state index contributed by atoms with van der Waals surface area (Å²) >= 11 is 0. The number of aliphatic hydroxyl groups excluding tert-OH is 1. The molecule has 1 rings (SSSR count). The summed E-state index contributed by atoms with van der Waals surface area (Å²) < 4.78 is 0. The van der Waals surface area contributed by atoms with Gasteiger partial charge >= 0.3 is 0 Å². The Morgan fingerprint density at radius 3 is 2.56 bits per heavy atom. The lowest BCUT2D eigenvalue weighted by molar-refractivity contribution is 0.279. The van der Waals surface area contributed by atoms with Crippen LogP contribution in [0.2, 0.25) is 0 Å². The fourth-order valence-electron chi connectivity index (χ4n) is 1.20. The van der Waals surface area contributed by atoms with Crippen molar-refractivity contribution in [1.29, 1.82) is 0 Å². The lowest BCUT2D eigenvalue weighted by Crippen LogP contribution is -2.37. The molecule has 18 heavy (non-hydrogen) atoms. The lowest BCUT2D eigenvalue weighted by atomic mass is 10.1. The maximum atomic E-state index is 9.15. The topological polar surface area (TPSA) is 71.2 Å². The number of nitrogens with one attached hydrogen (secondary N) is 1. The first-order chi connectivity index (χ1) is 7.48. The molecule has 0 amide bonds. The van der Waals surface area contributed by atoms with Crippen LogP contribution in [0, 0.1) is 12.3 Å². The van der Waals surface area contributed by atoms with E-state index in [0.29, 0.717) is 12.4 Å². The normalized spacial score (nSPS) is 9.89. The van der Waals surface area contributed by atoms with Gasteiger partial charge in [0, 0.05) is 12.1 Å². The van der Waals surface area contributed by atoms with Gasteiger partial charge in [-0.2, -0.15) is 0 Å². The van der Waals surface area contributed by atoms with Crippen LogP contribution in [-0.2, 0) is 13.2 Å². The fourth-order valence-corrected chi connectivity index (χ4v) is 1.20. The van der Waals surface area contributed by atoms with Gasteiger partial charge in [-0.15, -0.1) is 31.2 Å². The molecule has 0 aliphatic heterocycles. The van der Waals surface area contributed by atoms with E-state index in [1.54, 1.807) is 12.1 Å². The molecule has 0 unspecified atom stereocenters. The number of nitrogens with two attached hydrogens (primary N) is 1. The maximum absolute atomic E-state index is 9.15. The minimum atomic E-state index is -0.404. The van der Waals surface area contributed by atoms with Gasteiger partial charge in [0.25, 0.3) is 0 Å². The summed E-state index contributed by atoms with van der Waals surface area (Å²) in [5, 5.41) is 12.3. The van der Waals surface area contributed by atoms with Crippen molar-refractivity contribution in [3.8, 4) is 12.3 Å². The number of halogens is 2. The Labute approximate surface area is 120 Å². The van der Waals surface area contributed by atoms with Gasteiger partial charge in [0.1, 0.15) is 5.82 Å². The van der Waals surface area contributed by atoms with Gasteiger partial charge in [-0.05, 0) is 19.9 Å². The van der Waals surface area contributed by atoms with Gasteiger partial charge in [-0.3, -0.25) is 5.32 Å². The zero-order valence-electron chi connectivity index (χ0n) is 10.4. The van der Waals surface area contributed by atoms with Gasteiger partial charge in [0.2, 0.25) is 0 Å². The SMILES string of the molecule is C#CC(C)(C)NCc1nc(N)ccc1CO.Cl.Cl. The number of rotatable bonds is 4. The largest absolute Gasteiger partial charge is 0.392 e. The third-order valence-corrected chi connectivity index (χ3v) is 2.32. The summed E-state index contributed by atoms with van der Waals surface area (Å²) in [6.45, 7) is 4.23. The number of nitrogen functional groups attached to an aromatic ring is 1. The van der Waals surface area contributed by atoms with Crippen molar-refractivity contribution in [2.24, 2.45) is 0 Å². The van der Waals surface area contributed by atoms with E-state index in [1.165, 1.54) is 0 Å². The van der Waals surface area contributed by atoms with E-state index >= 15 is 0 Å². The van der Waals surface area contributed by atoms with E-state index in [0.717, 1.165) is 11.3 Å². The Morgan fingerprint density at radius 1 is 1.44 bits per heavy atom. The molecule has 4 N–H and O–H groups in total. The molecular weight excluding hydrogens is 273 g/mol. The van der Waals surface area contributed by atoms with Crippen LogP contribution in [0.4, 0.5) is 5.82 Å². The van der Waals surface area contributed by atoms with E-state index in [1.807, 2.05) is 13.8 Å². The van der Waals surface area contributed by atoms with Crippen molar-refractivity contribution in [1.82, 2.24) is 10.3 Å². The Bertz CT molecular complexity index is 416. The zero-order valence-corrected chi connectivity index (χ0v) is 12.1. The quantitative estimate of drug-likeness (QED) is 0.736. The van der Waals surface area contributed by atoms with Gasteiger partial charge in [0.05, 0.1) is 17.8 Å². The van der Waals surface area contributed by atoms with E-state index in [4.69, 9.17) is 17.3 Å². The van der Waals surface area contributed by atoms with Crippen LogP contribution >= 0.6 is 24.8 Å². The average molecular weight is 292 g/mol. The van der Waals surface area contributed by atoms with Crippen LogP contribution in [0.15, 0.2) is 12.1 Å². The van der Waals surface area contributed by atoms with Crippen molar-refractivity contribution < 1.29 is 5.11 Å². The van der Waals surface area contributed by atoms with Gasteiger partial charge in [-0.1, -0.05) is 12.0 Å². The Morgan fingerprint density at radius 2 is 2.06 bits per heavy atom. The monoisotopic (exact) mass is 291 g/mol. The Hall–Kier alpha value is -0.990. The van der Waals surface area contributed by atoms with E-state index in [2.05, 4.69) is 16.2 Å². The predicted octanol–water partition coefficient (Wildman–Crippen LogP) is 1.50. The highest BCUT2D eigenvalue weighted by Crippen LogP contribution is 2.10. The summed E-state index contributed by atoms with van der Waals surface area (Å²) in [4.78, 5) is 4.17. The Balaban J connectivity index is 0. The van der Waals surface area contributed by atoms with Crippen LogP contribution < -0.4 is 11.1 Å². The molecule has 0 spiro atoms. The van der Waals surface area contributed by atoms with Crippen LogP contribution in [0.25, 0.3) is 0 Å². The molecule has 0 fully saturated rings. The molecule has 0 bridgehead atoms. The first-order valence-electron chi connectivity index (χ1n) is 5.06. The van der Waals surface area contributed by atoms with Crippen LogP contribution in [0.3, 0.4) is 0 Å². The van der Waals surface area contributed by atoms with Gasteiger partial charge < -0.3 is 10.8 Å². The van der Waals surface area contributed by atoms with Crippen molar-refractivity contribution in [3.05, 3.63) is 23.4 Å². The third kappa shape index (κ3) is 5.56. The molecule has 1 heterocycles. The van der Waals surface area contributed by atoms with Crippen molar-refractivity contribution in [3.63, 3.8) is 0 Å². The molecule has 4 nitrogen and oxygen atoms in total. The molecule has 6 heteroatoms. The van der Waals surface area contributed by atoms with Gasteiger partial charge in [-0.25, -0.2) is 4.98 Å². The highest BCUT2D eigenvalue weighted by molar-refractivity contribution is 5.85. The molecule has 0 aliphatic carbocycles. The minimum Gasteiger partial charge on any atom is -0.392 e. The van der Waals surface area contributed by atoms with E-state index in [9.17, 15) is 0 Å². The highest BCUT2D eigenvalue weighted by Gasteiger charge is 2.14. The van der Waals surface area contributed by atoms with Crippen LogP contribution in [0.5, 0.6) is 0 Å². The summed E-state index contributed by atoms with van der Waals surface area (Å²) in [5.74, 6) is 3.07. The molecule has 1 aromatic rings. The van der Waals surface area contributed by atoms with Crippen molar-refractivity contribution in [2.75, 3.05) is 5.73 Å². The molecule has 102 valence electrons. The maximum Gasteiger partial charge on any atom is 0.123 e. The molecular formula is C12H19Cl2N3O.